The van der Waals surface area contributed by atoms with E-state index in [2.05, 4.69) is 10.2 Å². The second-order valence-corrected chi connectivity index (χ2v) is 8.81. The van der Waals surface area contributed by atoms with Crippen molar-refractivity contribution >= 4 is 23.0 Å². The minimum Gasteiger partial charge on any atom is -0.372 e. The zero-order valence-electron chi connectivity index (χ0n) is 18.9. The van der Waals surface area contributed by atoms with Crippen LogP contribution in [0.15, 0.2) is 42.5 Å². The van der Waals surface area contributed by atoms with Crippen LogP contribution in [0.3, 0.4) is 0 Å². The zero-order valence-corrected chi connectivity index (χ0v) is 18.9. The van der Waals surface area contributed by atoms with E-state index in [1.54, 1.807) is 29.2 Å². The molecule has 1 N–H and O–H groups in total. The second kappa shape index (κ2) is 9.74. The largest absolute Gasteiger partial charge is 0.372 e. The molecule has 33 heavy (non-hydrogen) atoms. The predicted octanol–water partition coefficient (Wildman–Crippen LogP) is 4.12. The minimum atomic E-state index is -0.427. The number of likely N-dealkylation sites (tertiary alicyclic amines) is 1. The Kier molecular flexibility index (Phi) is 6.78. The van der Waals surface area contributed by atoms with Crippen LogP contribution in [-0.4, -0.2) is 54.1 Å². The van der Waals surface area contributed by atoms with Gasteiger partial charge in [0.2, 0.25) is 5.91 Å². The summed E-state index contributed by atoms with van der Waals surface area (Å²) < 4.78 is 19.4. The molecule has 0 aromatic heterocycles. The number of amides is 1. The van der Waals surface area contributed by atoms with Crippen molar-refractivity contribution in [2.24, 2.45) is 0 Å². The van der Waals surface area contributed by atoms with E-state index in [4.69, 9.17) is 4.74 Å². The van der Waals surface area contributed by atoms with Gasteiger partial charge in [0.05, 0.1) is 23.2 Å². The summed E-state index contributed by atoms with van der Waals surface area (Å²) in [4.78, 5) is 27.5. The maximum atomic E-state index is 13.5. The number of ether oxygens (including phenoxy) is 1. The van der Waals surface area contributed by atoms with Gasteiger partial charge >= 0.3 is 0 Å². The zero-order chi connectivity index (χ0) is 23.5. The van der Waals surface area contributed by atoms with Crippen molar-refractivity contribution < 1.29 is 18.8 Å². The van der Waals surface area contributed by atoms with Crippen molar-refractivity contribution in [2.75, 3.05) is 36.4 Å². The smallest absolute Gasteiger partial charge is 0.292 e. The van der Waals surface area contributed by atoms with Crippen molar-refractivity contribution in [2.45, 2.75) is 44.9 Å². The third-order valence-electron chi connectivity index (χ3n) is 6.14. The number of halogens is 1. The Morgan fingerprint density at radius 3 is 2.48 bits per heavy atom. The number of morpholine rings is 1. The van der Waals surface area contributed by atoms with E-state index in [1.165, 1.54) is 18.2 Å². The lowest BCUT2D eigenvalue weighted by Crippen LogP contribution is -2.45. The molecule has 0 spiro atoms. The average Bonchev–Trinajstić information content (AvgIpc) is 3.17. The number of anilines is 2. The van der Waals surface area contributed by atoms with E-state index in [0.29, 0.717) is 38.3 Å². The Balaban J connectivity index is 1.66. The van der Waals surface area contributed by atoms with Crippen LogP contribution < -0.4 is 10.2 Å². The normalized spacial score (nSPS) is 21.8. The van der Waals surface area contributed by atoms with Crippen LogP contribution in [0.5, 0.6) is 0 Å². The maximum absolute atomic E-state index is 13.5. The van der Waals surface area contributed by atoms with Gasteiger partial charge in [0.25, 0.3) is 5.69 Å². The first kappa shape index (κ1) is 23.0. The number of nitro groups is 1. The standard InChI is InChI=1S/C24H29FN4O4/c1-16-13-28(14-17(2)33-16)20-9-10-23(29(31)32)21(12-20)26-22(15-27-11-3-4-24(27)30)18-5-7-19(25)8-6-18/h5-10,12,16-17,22,26H,3-4,11,13-15H2,1-2H3. The number of nitro benzene ring substituents is 1. The molecule has 0 aliphatic carbocycles. The number of hydrogen-bond acceptors (Lipinski definition) is 6. The number of carbonyl (C=O) groups is 1. The number of benzene rings is 2. The monoisotopic (exact) mass is 456 g/mol. The van der Waals surface area contributed by atoms with Crippen LogP contribution in [-0.2, 0) is 9.53 Å². The van der Waals surface area contributed by atoms with Gasteiger partial charge in [-0.15, -0.1) is 0 Å². The number of nitrogens with one attached hydrogen (secondary N) is 1. The highest BCUT2D eigenvalue weighted by atomic mass is 19.1. The quantitative estimate of drug-likeness (QED) is 0.498. The summed E-state index contributed by atoms with van der Waals surface area (Å²) in [5.41, 5.74) is 1.93. The van der Waals surface area contributed by atoms with Gasteiger partial charge in [-0.05, 0) is 50.1 Å². The molecule has 2 aromatic carbocycles. The number of rotatable bonds is 7. The molecule has 2 heterocycles. The molecule has 8 nitrogen and oxygen atoms in total. The van der Waals surface area contributed by atoms with E-state index < -0.39 is 11.0 Å². The van der Waals surface area contributed by atoms with E-state index in [9.17, 15) is 19.3 Å². The van der Waals surface area contributed by atoms with Crippen molar-refractivity contribution in [1.29, 1.82) is 0 Å². The fraction of sp³-hybridized carbons (Fsp3) is 0.458. The Morgan fingerprint density at radius 1 is 1.18 bits per heavy atom. The van der Waals surface area contributed by atoms with Gasteiger partial charge in [-0.1, -0.05) is 12.1 Å². The van der Waals surface area contributed by atoms with Gasteiger partial charge in [-0.3, -0.25) is 14.9 Å². The number of hydrogen-bond donors (Lipinski definition) is 1. The van der Waals surface area contributed by atoms with Crippen LogP contribution >= 0.6 is 0 Å². The predicted molar refractivity (Wildman–Crippen MR) is 124 cm³/mol. The van der Waals surface area contributed by atoms with E-state index in [0.717, 1.165) is 17.7 Å². The topological polar surface area (TPSA) is 88.0 Å². The molecular weight excluding hydrogens is 427 g/mol. The first-order chi connectivity index (χ1) is 15.8. The third kappa shape index (κ3) is 5.42. The molecule has 9 heteroatoms. The van der Waals surface area contributed by atoms with Crippen LogP contribution in [0.4, 0.5) is 21.5 Å². The number of nitrogens with zero attached hydrogens (tertiary/aromatic N) is 3. The Hall–Kier alpha value is -3.20. The molecule has 176 valence electrons. The lowest BCUT2D eigenvalue weighted by atomic mass is 10.0. The lowest BCUT2D eigenvalue weighted by Gasteiger charge is -2.37. The van der Waals surface area contributed by atoms with E-state index >= 15 is 0 Å². The summed E-state index contributed by atoms with van der Waals surface area (Å²) in [7, 11) is 0. The van der Waals surface area contributed by atoms with Crippen molar-refractivity contribution in [3.63, 3.8) is 0 Å². The SMILES string of the molecule is CC1CN(c2ccc([N+](=O)[O-])c(NC(CN3CCCC3=O)c3ccc(F)cc3)c2)CC(C)O1. The first-order valence-corrected chi connectivity index (χ1v) is 11.3. The summed E-state index contributed by atoms with van der Waals surface area (Å²) >= 11 is 0. The lowest BCUT2D eigenvalue weighted by molar-refractivity contribution is -0.384. The molecule has 0 radical (unpaired) electrons. The molecular formula is C24H29FN4O4. The second-order valence-electron chi connectivity index (χ2n) is 8.81. The van der Waals surface area contributed by atoms with E-state index in [-0.39, 0.29) is 29.6 Å². The van der Waals surface area contributed by atoms with E-state index in [1.807, 2.05) is 13.8 Å². The summed E-state index contributed by atoms with van der Waals surface area (Å²) in [6.07, 6.45) is 1.39. The molecule has 1 amide bonds. The maximum Gasteiger partial charge on any atom is 0.292 e. The highest BCUT2D eigenvalue weighted by Crippen LogP contribution is 2.34. The molecule has 2 aliphatic heterocycles. The van der Waals surface area contributed by atoms with Gasteiger partial charge in [0.1, 0.15) is 11.5 Å². The van der Waals surface area contributed by atoms with Crippen LogP contribution in [0.25, 0.3) is 0 Å². The molecule has 0 bridgehead atoms. The van der Waals surface area contributed by atoms with Gasteiger partial charge < -0.3 is 19.9 Å². The molecule has 2 aliphatic rings. The van der Waals surface area contributed by atoms with Crippen LogP contribution in [0, 0.1) is 15.9 Å². The summed E-state index contributed by atoms with van der Waals surface area (Å²) in [6, 6.07) is 10.6. The van der Waals surface area contributed by atoms with Crippen LogP contribution in [0.1, 0.15) is 38.3 Å². The average molecular weight is 457 g/mol. The van der Waals surface area contributed by atoms with Crippen molar-refractivity contribution in [3.8, 4) is 0 Å². The molecule has 2 fully saturated rings. The fourth-order valence-corrected chi connectivity index (χ4v) is 4.62. The van der Waals surface area contributed by atoms with Gasteiger partial charge in [-0.25, -0.2) is 4.39 Å². The summed E-state index contributed by atoms with van der Waals surface area (Å²) in [5.74, 6) is -0.304. The minimum absolute atomic E-state index is 0.0482. The highest BCUT2D eigenvalue weighted by Gasteiger charge is 2.28. The molecule has 0 saturated carbocycles. The first-order valence-electron chi connectivity index (χ1n) is 11.3. The van der Waals surface area contributed by atoms with Crippen molar-refractivity contribution in [3.05, 3.63) is 64.0 Å². The molecule has 4 rings (SSSR count). The molecule has 3 unspecified atom stereocenters. The van der Waals surface area contributed by atoms with Gasteiger partial charge in [0.15, 0.2) is 0 Å². The molecule has 2 aromatic rings. The molecule has 2 saturated heterocycles. The Morgan fingerprint density at radius 2 is 1.88 bits per heavy atom. The highest BCUT2D eigenvalue weighted by molar-refractivity contribution is 5.78. The third-order valence-corrected chi connectivity index (χ3v) is 6.14. The van der Waals surface area contributed by atoms with Crippen LogP contribution in [0.2, 0.25) is 0 Å². The Labute approximate surface area is 192 Å². The summed E-state index contributed by atoms with van der Waals surface area (Å²) in [6.45, 7) is 6.37. The Bertz CT molecular complexity index is 1010. The number of carbonyl (C=O) groups excluding carboxylic acids is 1. The fourth-order valence-electron chi connectivity index (χ4n) is 4.62. The van der Waals surface area contributed by atoms with Gasteiger partial charge in [0, 0.05) is 44.4 Å². The summed E-state index contributed by atoms with van der Waals surface area (Å²) in [5, 5.41) is 15.1. The van der Waals surface area contributed by atoms with Gasteiger partial charge in [-0.2, -0.15) is 0 Å². The van der Waals surface area contributed by atoms with Crippen molar-refractivity contribution in [1.82, 2.24) is 4.90 Å². The molecule has 3 atom stereocenters.